The topological polar surface area (TPSA) is 84.0 Å². The van der Waals surface area contributed by atoms with Crippen LogP contribution in [0.4, 0.5) is 0 Å². The first kappa shape index (κ1) is 17.7. The highest BCUT2D eigenvalue weighted by atomic mass is 16.5. The average molecular weight is 373 g/mol. The Morgan fingerprint density at radius 2 is 1.96 bits per heavy atom. The number of methoxy groups -OCH3 is 1. The van der Waals surface area contributed by atoms with Gasteiger partial charge in [0, 0.05) is 49.2 Å². The van der Waals surface area contributed by atoms with Crippen LogP contribution in [-0.4, -0.2) is 52.2 Å². The predicted octanol–water partition coefficient (Wildman–Crippen LogP) is 3.40. The molecule has 1 amide bonds. The zero-order chi connectivity index (χ0) is 19.7. The number of rotatable bonds is 4. The maximum Gasteiger partial charge on any atom is 0.253 e. The van der Waals surface area contributed by atoms with Gasteiger partial charge in [0.25, 0.3) is 5.91 Å². The molecule has 0 saturated heterocycles. The summed E-state index contributed by atoms with van der Waals surface area (Å²) in [5, 5.41) is 8.22. The summed E-state index contributed by atoms with van der Waals surface area (Å²) in [6, 6.07) is 11.3. The van der Waals surface area contributed by atoms with Crippen molar-refractivity contribution < 1.29 is 9.53 Å². The number of amides is 1. The van der Waals surface area contributed by atoms with Crippen molar-refractivity contribution in [1.29, 1.82) is 0 Å². The first-order valence-corrected chi connectivity index (χ1v) is 8.73. The van der Waals surface area contributed by atoms with Crippen molar-refractivity contribution in [3.05, 3.63) is 60.6 Å². The number of hydrogen-bond acceptors (Lipinski definition) is 5. The van der Waals surface area contributed by atoms with Crippen LogP contribution in [0.3, 0.4) is 0 Å². The molecule has 28 heavy (non-hydrogen) atoms. The number of carbonyl (C=O) groups is 1. The monoisotopic (exact) mass is 373 g/mol. The highest BCUT2D eigenvalue weighted by Gasteiger charge is 2.15. The van der Waals surface area contributed by atoms with Crippen LogP contribution in [0.1, 0.15) is 10.4 Å². The molecular weight excluding hydrogens is 354 g/mol. The lowest BCUT2D eigenvalue weighted by Crippen LogP contribution is -2.21. The maximum absolute atomic E-state index is 12.3. The standard InChI is InChI=1S/C21H19N5O2/c1-26(2)21(27)14-6-4-5-13(9-14)15-10-16-19(24-25-20(16)23-11-15)17-12-22-8-7-18(17)28-3/h4-12H,1-3H3,(H,23,24,25). The Labute approximate surface area is 162 Å². The van der Waals surface area contributed by atoms with Crippen molar-refractivity contribution in [2.75, 3.05) is 21.2 Å². The van der Waals surface area contributed by atoms with E-state index in [9.17, 15) is 4.79 Å². The Balaban J connectivity index is 1.83. The quantitative estimate of drug-likeness (QED) is 0.593. The molecule has 0 unspecified atom stereocenters. The molecule has 7 heteroatoms. The lowest BCUT2D eigenvalue weighted by atomic mass is 10.0. The minimum absolute atomic E-state index is 0.0417. The zero-order valence-electron chi connectivity index (χ0n) is 15.8. The van der Waals surface area contributed by atoms with Gasteiger partial charge < -0.3 is 9.64 Å². The van der Waals surface area contributed by atoms with Crippen molar-refractivity contribution in [3.63, 3.8) is 0 Å². The van der Waals surface area contributed by atoms with Crippen molar-refractivity contribution in [1.82, 2.24) is 25.1 Å². The lowest BCUT2D eigenvalue weighted by molar-refractivity contribution is 0.0827. The Morgan fingerprint density at radius 1 is 1.11 bits per heavy atom. The molecule has 0 aliphatic rings. The average Bonchev–Trinajstić information content (AvgIpc) is 3.16. The number of pyridine rings is 2. The molecule has 0 fully saturated rings. The number of fused-ring (bicyclic) bond motifs is 1. The first-order valence-electron chi connectivity index (χ1n) is 8.73. The van der Waals surface area contributed by atoms with Gasteiger partial charge in [0.05, 0.1) is 12.7 Å². The molecule has 0 saturated carbocycles. The van der Waals surface area contributed by atoms with Gasteiger partial charge in [-0.05, 0) is 29.8 Å². The van der Waals surface area contributed by atoms with E-state index in [1.807, 2.05) is 30.3 Å². The van der Waals surface area contributed by atoms with Crippen LogP contribution >= 0.6 is 0 Å². The fourth-order valence-corrected chi connectivity index (χ4v) is 3.09. The highest BCUT2D eigenvalue weighted by molar-refractivity contribution is 5.97. The normalized spacial score (nSPS) is 10.8. The van der Waals surface area contributed by atoms with Gasteiger partial charge in [-0.2, -0.15) is 5.10 Å². The van der Waals surface area contributed by atoms with Gasteiger partial charge >= 0.3 is 0 Å². The number of H-pyrrole nitrogens is 1. The molecule has 1 aromatic carbocycles. The summed E-state index contributed by atoms with van der Waals surface area (Å²) in [5.74, 6) is 0.646. The highest BCUT2D eigenvalue weighted by Crippen LogP contribution is 2.33. The van der Waals surface area contributed by atoms with E-state index in [4.69, 9.17) is 4.74 Å². The lowest BCUT2D eigenvalue weighted by Gasteiger charge is -2.11. The molecule has 3 aromatic heterocycles. The number of nitrogens with one attached hydrogen (secondary N) is 1. The van der Waals surface area contributed by atoms with Crippen molar-refractivity contribution in [3.8, 4) is 28.1 Å². The van der Waals surface area contributed by atoms with Crippen molar-refractivity contribution in [2.45, 2.75) is 0 Å². The van der Waals surface area contributed by atoms with Gasteiger partial charge in [-0.25, -0.2) is 4.98 Å². The third kappa shape index (κ3) is 3.07. The number of aromatic nitrogens is 4. The molecule has 0 radical (unpaired) electrons. The van der Waals surface area contributed by atoms with E-state index in [0.717, 1.165) is 27.8 Å². The van der Waals surface area contributed by atoms with Crippen LogP contribution in [0, 0.1) is 0 Å². The Hall–Kier alpha value is -3.74. The first-order chi connectivity index (χ1) is 13.6. The molecule has 7 nitrogen and oxygen atoms in total. The van der Waals surface area contributed by atoms with Crippen molar-refractivity contribution in [2.24, 2.45) is 0 Å². The number of benzene rings is 1. The van der Waals surface area contributed by atoms with E-state index in [2.05, 4.69) is 20.2 Å². The van der Waals surface area contributed by atoms with Gasteiger partial charge in [0.15, 0.2) is 5.65 Å². The summed E-state index contributed by atoms with van der Waals surface area (Å²) in [4.78, 5) is 22.5. The predicted molar refractivity (Wildman–Crippen MR) is 107 cm³/mol. The van der Waals surface area contributed by atoms with Gasteiger partial charge in [0.2, 0.25) is 0 Å². The molecule has 4 rings (SSSR count). The third-order valence-electron chi connectivity index (χ3n) is 4.52. The maximum atomic E-state index is 12.3. The molecule has 4 aromatic rings. The van der Waals surface area contributed by atoms with E-state index < -0.39 is 0 Å². The number of nitrogens with zero attached hydrogens (tertiary/aromatic N) is 4. The van der Waals surface area contributed by atoms with Crippen LogP contribution in [-0.2, 0) is 0 Å². The molecule has 140 valence electrons. The summed E-state index contributed by atoms with van der Waals surface area (Å²) in [5.41, 5.74) is 4.61. The second kappa shape index (κ2) is 7.11. The Kier molecular flexibility index (Phi) is 4.49. The molecule has 0 aliphatic heterocycles. The van der Waals surface area contributed by atoms with E-state index >= 15 is 0 Å². The number of hydrogen-bond donors (Lipinski definition) is 1. The Morgan fingerprint density at radius 3 is 2.75 bits per heavy atom. The summed E-state index contributed by atoms with van der Waals surface area (Å²) in [6.45, 7) is 0. The molecule has 0 aliphatic carbocycles. The summed E-state index contributed by atoms with van der Waals surface area (Å²) in [7, 11) is 5.09. The second-order valence-electron chi connectivity index (χ2n) is 6.55. The summed E-state index contributed by atoms with van der Waals surface area (Å²) < 4.78 is 5.44. The van der Waals surface area contributed by atoms with Crippen LogP contribution < -0.4 is 4.74 Å². The van der Waals surface area contributed by atoms with Crippen molar-refractivity contribution >= 4 is 16.9 Å². The molecule has 0 atom stereocenters. The fraction of sp³-hybridized carbons (Fsp3) is 0.143. The molecular formula is C21H19N5O2. The summed E-state index contributed by atoms with van der Waals surface area (Å²) in [6.07, 6.45) is 5.16. The third-order valence-corrected chi connectivity index (χ3v) is 4.52. The molecule has 1 N–H and O–H groups in total. The summed E-state index contributed by atoms with van der Waals surface area (Å²) >= 11 is 0. The molecule has 0 spiro atoms. The number of aromatic amines is 1. The minimum atomic E-state index is -0.0417. The van der Waals surface area contributed by atoms with E-state index in [1.165, 1.54) is 0 Å². The van der Waals surface area contributed by atoms with Crippen LogP contribution in [0.15, 0.2) is 55.0 Å². The van der Waals surface area contributed by atoms with E-state index in [1.54, 1.807) is 50.8 Å². The van der Waals surface area contributed by atoms with Gasteiger partial charge in [-0.15, -0.1) is 0 Å². The second-order valence-corrected chi connectivity index (χ2v) is 6.55. The zero-order valence-corrected chi connectivity index (χ0v) is 15.8. The van der Waals surface area contributed by atoms with Crippen LogP contribution in [0.5, 0.6) is 5.75 Å². The fourth-order valence-electron chi connectivity index (χ4n) is 3.09. The number of ether oxygens (including phenoxy) is 1. The largest absolute Gasteiger partial charge is 0.496 e. The molecule has 3 heterocycles. The SMILES string of the molecule is COc1ccncc1-c1n[nH]c2ncc(-c3cccc(C(=O)N(C)C)c3)cc12. The van der Waals surface area contributed by atoms with Gasteiger partial charge in [-0.3, -0.25) is 14.9 Å². The van der Waals surface area contributed by atoms with E-state index in [0.29, 0.717) is 17.0 Å². The van der Waals surface area contributed by atoms with Crippen LogP contribution in [0.25, 0.3) is 33.4 Å². The van der Waals surface area contributed by atoms with E-state index in [-0.39, 0.29) is 5.91 Å². The van der Waals surface area contributed by atoms with Gasteiger partial charge in [0.1, 0.15) is 11.4 Å². The molecule has 0 bridgehead atoms. The van der Waals surface area contributed by atoms with Crippen LogP contribution in [0.2, 0.25) is 0 Å². The smallest absolute Gasteiger partial charge is 0.253 e. The minimum Gasteiger partial charge on any atom is -0.496 e. The van der Waals surface area contributed by atoms with Gasteiger partial charge in [-0.1, -0.05) is 12.1 Å². The number of carbonyl (C=O) groups excluding carboxylic acids is 1. The Bertz CT molecular complexity index is 1170.